The van der Waals surface area contributed by atoms with Gasteiger partial charge in [0.25, 0.3) is 0 Å². The first-order chi connectivity index (χ1) is 5.59. The Hall–Kier alpha value is -0.0800. The quantitative estimate of drug-likeness (QED) is 0.582. The van der Waals surface area contributed by atoms with E-state index in [1.165, 1.54) is 26.1 Å². The Labute approximate surface area is 75.3 Å². The van der Waals surface area contributed by atoms with Gasteiger partial charge in [0.1, 0.15) is 0 Å². The van der Waals surface area contributed by atoms with Crippen molar-refractivity contribution in [2.24, 2.45) is 5.92 Å². The second-order valence-corrected chi connectivity index (χ2v) is 5.14. The highest BCUT2D eigenvalue weighted by molar-refractivity contribution is 5.00. The minimum Gasteiger partial charge on any atom is -0.316 e. The number of nitrogens with zero attached hydrogens (tertiary/aromatic N) is 1. The summed E-state index contributed by atoms with van der Waals surface area (Å²) >= 11 is 0. The van der Waals surface area contributed by atoms with Crippen LogP contribution in [0.1, 0.15) is 27.2 Å². The molecule has 70 valence electrons. The van der Waals surface area contributed by atoms with Crippen LogP contribution < -0.4 is 5.32 Å². The fourth-order valence-electron chi connectivity index (χ4n) is 2.53. The number of piperidine rings is 1. The van der Waals surface area contributed by atoms with Crippen molar-refractivity contribution in [1.82, 2.24) is 10.2 Å². The molecule has 2 rings (SSSR count). The van der Waals surface area contributed by atoms with Crippen molar-refractivity contribution >= 4 is 0 Å². The largest absolute Gasteiger partial charge is 0.316 e. The Kier molecular flexibility index (Phi) is 1.92. The van der Waals surface area contributed by atoms with Crippen LogP contribution in [-0.4, -0.2) is 36.1 Å². The zero-order valence-corrected chi connectivity index (χ0v) is 8.43. The van der Waals surface area contributed by atoms with E-state index < -0.39 is 0 Å². The Bertz CT molecular complexity index is 171. The second kappa shape index (κ2) is 2.71. The highest BCUT2D eigenvalue weighted by atomic mass is 15.3. The van der Waals surface area contributed by atoms with Crippen LogP contribution >= 0.6 is 0 Å². The topological polar surface area (TPSA) is 15.3 Å². The number of rotatable bonds is 0. The first-order valence-electron chi connectivity index (χ1n) is 5.06. The monoisotopic (exact) mass is 168 g/mol. The van der Waals surface area contributed by atoms with Gasteiger partial charge in [0, 0.05) is 24.7 Å². The van der Waals surface area contributed by atoms with Gasteiger partial charge in [0.15, 0.2) is 0 Å². The maximum absolute atomic E-state index is 3.46. The molecule has 0 aliphatic carbocycles. The molecule has 2 atom stereocenters. The number of fused-ring (bicyclic) bond motifs is 1. The molecule has 0 spiro atoms. The summed E-state index contributed by atoms with van der Waals surface area (Å²) in [4.78, 5) is 2.65. The van der Waals surface area contributed by atoms with Crippen molar-refractivity contribution in [2.45, 2.75) is 38.8 Å². The average molecular weight is 168 g/mol. The van der Waals surface area contributed by atoms with Crippen molar-refractivity contribution in [1.29, 1.82) is 0 Å². The number of hydrogen-bond donors (Lipinski definition) is 1. The first-order valence-corrected chi connectivity index (χ1v) is 5.06. The van der Waals surface area contributed by atoms with Crippen molar-refractivity contribution in [3.63, 3.8) is 0 Å². The van der Waals surface area contributed by atoms with Gasteiger partial charge in [-0.15, -0.1) is 0 Å². The summed E-state index contributed by atoms with van der Waals surface area (Å²) < 4.78 is 0. The van der Waals surface area contributed by atoms with Gasteiger partial charge in [-0.3, -0.25) is 4.90 Å². The van der Waals surface area contributed by atoms with E-state index in [2.05, 4.69) is 31.0 Å². The van der Waals surface area contributed by atoms with Gasteiger partial charge in [0.2, 0.25) is 0 Å². The summed E-state index contributed by atoms with van der Waals surface area (Å²) in [6.07, 6.45) is 1.35. The van der Waals surface area contributed by atoms with Gasteiger partial charge >= 0.3 is 0 Å². The lowest BCUT2D eigenvalue weighted by Crippen LogP contribution is -2.67. The van der Waals surface area contributed by atoms with Gasteiger partial charge in [-0.25, -0.2) is 0 Å². The van der Waals surface area contributed by atoms with Gasteiger partial charge in [-0.2, -0.15) is 0 Å². The van der Waals surface area contributed by atoms with Crippen LogP contribution in [0, 0.1) is 5.92 Å². The Morgan fingerprint density at radius 1 is 1.33 bits per heavy atom. The van der Waals surface area contributed by atoms with Crippen molar-refractivity contribution in [3.8, 4) is 0 Å². The molecule has 0 radical (unpaired) electrons. The van der Waals surface area contributed by atoms with E-state index >= 15 is 0 Å². The molecule has 2 heterocycles. The van der Waals surface area contributed by atoms with Crippen molar-refractivity contribution in [3.05, 3.63) is 0 Å². The van der Waals surface area contributed by atoms with E-state index in [-0.39, 0.29) is 0 Å². The number of nitrogens with one attached hydrogen (secondary N) is 1. The molecule has 0 amide bonds. The molecule has 2 heteroatoms. The van der Waals surface area contributed by atoms with Gasteiger partial charge in [-0.05, 0) is 39.7 Å². The third-order valence-corrected chi connectivity index (χ3v) is 3.26. The van der Waals surface area contributed by atoms with Gasteiger partial charge in [0.05, 0.1) is 0 Å². The summed E-state index contributed by atoms with van der Waals surface area (Å²) in [5.41, 5.74) is 0.387. The van der Waals surface area contributed by atoms with Crippen LogP contribution in [0.5, 0.6) is 0 Å². The molecular formula is C10H20N2. The first kappa shape index (κ1) is 8.52. The lowest BCUT2D eigenvalue weighted by molar-refractivity contribution is -0.0677. The summed E-state index contributed by atoms with van der Waals surface area (Å²) in [7, 11) is 0. The standard InChI is InChI=1S/C10H20N2/c1-10(2,3)12-7-8-6-11-5-4-9(8)12/h8-9,11H,4-7H2,1-3H3. The fraction of sp³-hybridized carbons (Fsp3) is 1.00. The summed E-state index contributed by atoms with van der Waals surface area (Å²) in [5.74, 6) is 0.943. The van der Waals surface area contributed by atoms with E-state index in [9.17, 15) is 0 Å². The van der Waals surface area contributed by atoms with E-state index in [1.807, 2.05) is 0 Å². The van der Waals surface area contributed by atoms with Crippen LogP contribution in [-0.2, 0) is 0 Å². The molecule has 0 aromatic carbocycles. The van der Waals surface area contributed by atoms with Gasteiger partial charge in [-0.1, -0.05) is 0 Å². The zero-order valence-electron chi connectivity index (χ0n) is 8.43. The maximum atomic E-state index is 3.46. The molecular weight excluding hydrogens is 148 g/mol. The molecule has 2 aliphatic rings. The summed E-state index contributed by atoms with van der Waals surface area (Å²) in [6, 6.07) is 0.881. The second-order valence-electron chi connectivity index (χ2n) is 5.14. The summed E-state index contributed by atoms with van der Waals surface area (Å²) in [5, 5.41) is 3.46. The smallest absolute Gasteiger partial charge is 0.0165 e. The fourth-order valence-corrected chi connectivity index (χ4v) is 2.53. The van der Waals surface area contributed by atoms with E-state index in [4.69, 9.17) is 0 Å². The molecule has 0 aromatic rings. The van der Waals surface area contributed by atoms with E-state index in [1.54, 1.807) is 0 Å². The van der Waals surface area contributed by atoms with Crippen LogP contribution in [0.25, 0.3) is 0 Å². The molecule has 2 unspecified atom stereocenters. The van der Waals surface area contributed by atoms with Crippen LogP contribution in [0.3, 0.4) is 0 Å². The zero-order chi connectivity index (χ0) is 8.77. The predicted octanol–water partition coefficient (Wildman–Crippen LogP) is 1.08. The molecule has 0 bridgehead atoms. The van der Waals surface area contributed by atoms with Crippen LogP contribution in [0.15, 0.2) is 0 Å². The molecule has 0 saturated carbocycles. The molecule has 0 aromatic heterocycles. The van der Waals surface area contributed by atoms with Crippen LogP contribution in [0.4, 0.5) is 0 Å². The minimum atomic E-state index is 0.387. The molecule has 2 nitrogen and oxygen atoms in total. The molecule has 1 N–H and O–H groups in total. The van der Waals surface area contributed by atoms with Gasteiger partial charge < -0.3 is 5.32 Å². The Balaban J connectivity index is 1.97. The Morgan fingerprint density at radius 2 is 2.08 bits per heavy atom. The Morgan fingerprint density at radius 3 is 2.67 bits per heavy atom. The highest BCUT2D eigenvalue weighted by Crippen LogP contribution is 2.35. The normalized spacial score (nSPS) is 37.2. The lowest BCUT2D eigenvalue weighted by Gasteiger charge is -2.57. The van der Waals surface area contributed by atoms with E-state index in [0.29, 0.717) is 5.54 Å². The maximum Gasteiger partial charge on any atom is 0.0165 e. The lowest BCUT2D eigenvalue weighted by atomic mass is 9.80. The average Bonchev–Trinajstić information content (AvgIpc) is 1.88. The highest BCUT2D eigenvalue weighted by Gasteiger charge is 2.44. The molecule has 12 heavy (non-hydrogen) atoms. The third-order valence-electron chi connectivity index (χ3n) is 3.26. The molecule has 2 saturated heterocycles. The van der Waals surface area contributed by atoms with E-state index in [0.717, 1.165) is 12.0 Å². The predicted molar refractivity (Wildman–Crippen MR) is 51.2 cm³/mol. The summed E-state index contributed by atoms with van der Waals surface area (Å²) in [6.45, 7) is 10.7. The SMILES string of the molecule is CC(C)(C)N1CC2CNCCC21. The van der Waals surface area contributed by atoms with Crippen LogP contribution in [0.2, 0.25) is 0 Å². The van der Waals surface area contributed by atoms with Crippen molar-refractivity contribution < 1.29 is 0 Å². The molecule has 2 aliphatic heterocycles. The third kappa shape index (κ3) is 1.27. The minimum absolute atomic E-state index is 0.387. The number of likely N-dealkylation sites (tertiary alicyclic amines) is 1. The number of hydrogen-bond acceptors (Lipinski definition) is 2. The molecule has 2 fully saturated rings. The van der Waals surface area contributed by atoms with Crippen molar-refractivity contribution in [2.75, 3.05) is 19.6 Å².